The van der Waals surface area contributed by atoms with Crippen LogP contribution in [0.4, 0.5) is 0 Å². The van der Waals surface area contributed by atoms with Crippen LogP contribution in [0.15, 0.2) is 12.2 Å². The molecule has 1 unspecified atom stereocenters. The summed E-state index contributed by atoms with van der Waals surface area (Å²) in [5.41, 5.74) is 6.06. The first-order valence-corrected chi connectivity index (χ1v) is 6.83. The summed E-state index contributed by atoms with van der Waals surface area (Å²) >= 11 is 0. The molecule has 0 bridgehead atoms. The van der Waals surface area contributed by atoms with E-state index >= 15 is 0 Å². The monoisotopic (exact) mass is 224 g/mol. The standard InChI is InChI=1S/C14H28N2/c1-3-4-5-8-11-14(2,12-15)16-13-9-6-7-10-13/h6-7,13,16H,3-5,8-12,15H2,1-2H3. The topological polar surface area (TPSA) is 38.0 Å². The summed E-state index contributed by atoms with van der Waals surface area (Å²) in [6, 6.07) is 0.625. The van der Waals surface area contributed by atoms with Crippen LogP contribution in [-0.2, 0) is 0 Å². The van der Waals surface area contributed by atoms with Gasteiger partial charge in [0.05, 0.1) is 0 Å². The molecule has 0 aromatic heterocycles. The molecule has 3 N–H and O–H groups in total. The minimum Gasteiger partial charge on any atom is -0.329 e. The molecule has 2 nitrogen and oxygen atoms in total. The van der Waals surface area contributed by atoms with Crippen LogP contribution in [0.5, 0.6) is 0 Å². The van der Waals surface area contributed by atoms with Gasteiger partial charge in [-0.25, -0.2) is 0 Å². The van der Waals surface area contributed by atoms with Gasteiger partial charge >= 0.3 is 0 Å². The highest BCUT2D eigenvalue weighted by atomic mass is 15.0. The normalized spacial score (nSPS) is 20.2. The van der Waals surface area contributed by atoms with E-state index in [1.54, 1.807) is 0 Å². The number of nitrogens with one attached hydrogen (secondary N) is 1. The Bertz CT molecular complexity index is 205. The number of hydrogen-bond acceptors (Lipinski definition) is 2. The van der Waals surface area contributed by atoms with Gasteiger partial charge in [-0.1, -0.05) is 44.8 Å². The Kier molecular flexibility index (Phi) is 6.07. The lowest BCUT2D eigenvalue weighted by molar-refractivity contribution is 0.291. The molecule has 0 aromatic carbocycles. The van der Waals surface area contributed by atoms with E-state index < -0.39 is 0 Å². The molecule has 0 amide bonds. The quantitative estimate of drug-likeness (QED) is 0.491. The molecule has 1 rings (SSSR count). The van der Waals surface area contributed by atoms with Crippen molar-refractivity contribution in [2.45, 2.75) is 70.4 Å². The van der Waals surface area contributed by atoms with E-state index in [2.05, 4.69) is 31.3 Å². The highest BCUT2D eigenvalue weighted by Gasteiger charge is 2.25. The second-order valence-corrected chi connectivity index (χ2v) is 5.36. The van der Waals surface area contributed by atoms with E-state index in [4.69, 9.17) is 5.73 Å². The zero-order valence-corrected chi connectivity index (χ0v) is 11.0. The van der Waals surface area contributed by atoms with Crippen molar-refractivity contribution in [3.63, 3.8) is 0 Å². The molecule has 2 heteroatoms. The van der Waals surface area contributed by atoms with Crippen LogP contribution in [0, 0.1) is 0 Å². The maximum atomic E-state index is 5.92. The van der Waals surface area contributed by atoms with Gasteiger partial charge in [0.2, 0.25) is 0 Å². The molecular formula is C14H28N2. The smallest absolute Gasteiger partial charge is 0.0278 e. The van der Waals surface area contributed by atoms with Crippen LogP contribution in [0.25, 0.3) is 0 Å². The van der Waals surface area contributed by atoms with Gasteiger partial charge < -0.3 is 11.1 Å². The third kappa shape index (κ3) is 4.67. The summed E-state index contributed by atoms with van der Waals surface area (Å²) < 4.78 is 0. The zero-order chi connectivity index (χ0) is 11.9. The Hall–Kier alpha value is -0.340. The average Bonchev–Trinajstić information content (AvgIpc) is 2.77. The molecule has 0 aliphatic heterocycles. The van der Waals surface area contributed by atoms with Gasteiger partial charge in [0.1, 0.15) is 0 Å². The molecular weight excluding hydrogens is 196 g/mol. The van der Waals surface area contributed by atoms with E-state index in [0.29, 0.717) is 6.04 Å². The maximum Gasteiger partial charge on any atom is 0.0278 e. The third-order valence-corrected chi connectivity index (χ3v) is 3.59. The predicted octanol–water partition coefficient (Wildman–Crippen LogP) is 2.98. The summed E-state index contributed by atoms with van der Waals surface area (Å²) in [6.07, 6.45) is 13.4. The fraction of sp³-hybridized carbons (Fsp3) is 0.857. The molecule has 0 fully saturated rings. The number of rotatable bonds is 8. The summed E-state index contributed by atoms with van der Waals surface area (Å²) in [4.78, 5) is 0. The fourth-order valence-corrected chi connectivity index (χ4v) is 2.40. The summed E-state index contributed by atoms with van der Waals surface area (Å²) in [5.74, 6) is 0. The van der Waals surface area contributed by atoms with Gasteiger partial charge in [-0.05, 0) is 26.2 Å². The van der Waals surface area contributed by atoms with E-state index in [1.807, 2.05) is 0 Å². The number of nitrogens with two attached hydrogens (primary N) is 1. The van der Waals surface area contributed by atoms with Crippen LogP contribution < -0.4 is 11.1 Å². The molecule has 0 saturated carbocycles. The van der Waals surface area contributed by atoms with Crippen molar-refractivity contribution in [3.8, 4) is 0 Å². The lowest BCUT2D eigenvalue weighted by Gasteiger charge is -2.33. The first-order valence-electron chi connectivity index (χ1n) is 6.83. The Morgan fingerprint density at radius 1 is 1.25 bits per heavy atom. The SMILES string of the molecule is CCCCCCC(C)(CN)NC1CC=CC1. The Labute approximate surface area is 101 Å². The minimum absolute atomic E-state index is 0.143. The summed E-state index contributed by atoms with van der Waals surface area (Å²) in [7, 11) is 0. The molecule has 1 atom stereocenters. The van der Waals surface area contributed by atoms with Gasteiger partial charge in [0.25, 0.3) is 0 Å². The van der Waals surface area contributed by atoms with Crippen LogP contribution >= 0.6 is 0 Å². The molecule has 1 aliphatic rings. The van der Waals surface area contributed by atoms with Crippen LogP contribution in [0.2, 0.25) is 0 Å². The van der Waals surface area contributed by atoms with Crippen molar-refractivity contribution in [2.75, 3.05) is 6.54 Å². The molecule has 94 valence electrons. The van der Waals surface area contributed by atoms with Gasteiger partial charge in [0.15, 0.2) is 0 Å². The first-order chi connectivity index (χ1) is 7.70. The van der Waals surface area contributed by atoms with Crippen molar-refractivity contribution in [2.24, 2.45) is 5.73 Å². The van der Waals surface area contributed by atoms with Crippen LogP contribution in [0.3, 0.4) is 0 Å². The fourth-order valence-electron chi connectivity index (χ4n) is 2.40. The van der Waals surface area contributed by atoms with Gasteiger partial charge in [-0.2, -0.15) is 0 Å². The van der Waals surface area contributed by atoms with Crippen molar-refractivity contribution < 1.29 is 0 Å². The maximum absolute atomic E-state index is 5.92. The van der Waals surface area contributed by atoms with Crippen molar-refractivity contribution in [3.05, 3.63) is 12.2 Å². The zero-order valence-electron chi connectivity index (χ0n) is 11.0. The largest absolute Gasteiger partial charge is 0.329 e. The Balaban J connectivity index is 2.25. The van der Waals surface area contributed by atoms with Crippen LogP contribution in [-0.4, -0.2) is 18.1 Å². The van der Waals surface area contributed by atoms with E-state index in [1.165, 1.54) is 44.9 Å². The van der Waals surface area contributed by atoms with Crippen molar-refractivity contribution in [1.82, 2.24) is 5.32 Å². The molecule has 0 radical (unpaired) electrons. The predicted molar refractivity (Wildman–Crippen MR) is 71.5 cm³/mol. The lowest BCUT2D eigenvalue weighted by atomic mass is 9.92. The molecule has 0 heterocycles. The third-order valence-electron chi connectivity index (χ3n) is 3.59. The number of hydrogen-bond donors (Lipinski definition) is 2. The van der Waals surface area contributed by atoms with Crippen molar-refractivity contribution >= 4 is 0 Å². The average molecular weight is 224 g/mol. The summed E-state index contributed by atoms with van der Waals surface area (Å²) in [5, 5.41) is 3.73. The molecule has 0 spiro atoms. The second-order valence-electron chi connectivity index (χ2n) is 5.36. The van der Waals surface area contributed by atoms with E-state index in [0.717, 1.165) is 6.54 Å². The minimum atomic E-state index is 0.143. The lowest BCUT2D eigenvalue weighted by Crippen LogP contribution is -2.52. The Morgan fingerprint density at radius 2 is 1.94 bits per heavy atom. The van der Waals surface area contributed by atoms with Crippen molar-refractivity contribution in [1.29, 1.82) is 0 Å². The number of unbranched alkanes of at least 4 members (excludes halogenated alkanes) is 3. The molecule has 1 aliphatic carbocycles. The highest BCUT2D eigenvalue weighted by Crippen LogP contribution is 2.19. The van der Waals surface area contributed by atoms with E-state index in [-0.39, 0.29) is 5.54 Å². The van der Waals surface area contributed by atoms with Gasteiger partial charge in [-0.15, -0.1) is 0 Å². The van der Waals surface area contributed by atoms with Gasteiger partial charge in [0, 0.05) is 18.1 Å². The molecule has 0 aromatic rings. The highest BCUT2D eigenvalue weighted by molar-refractivity contribution is 5.01. The van der Waals surface area contributed by atoms with E-state index in [9.17, 15) is 0 Å². The van der Waals surface area contributed by atoms with Gasteiger partial charge in [-0.3, -0.25) is 0 Å². The summed E-state index contributed by atoms with van der Waals surface area (Å²) in [6.45, 7) is 5.28. The second kappa shape index (κ2) is 7.08. The van der Waals surface area contributed by atoms with Crippen LogP contribution in [0.1, 0.15) is 58.8 Å². The molecule has 0 saturated heterocycles. The Morgan fingerprint density at radius 3 is 2.50 bits per heavy atom. The molecule has 16 heavy (non-hydrogen) atoms. The first kappa shape index (κ1) is 13.7.